The van der Waals surface area contributed by atoms with Crippen molar-refractivity contribution in [2.24, 2.45) is 11.8 Å². The molecule has 1 aliphatic heterocycles. The molecule has 7 nitrogen and oxygen atoms in total. The van der Waals surface area contributed by atoms with Gasteiger partial charge in [0.15, 0.2) is 0 Å². The molecule has 0 radical (unpaired) electrons. The molecule has 0 saturated carbocycles. The van der Waals surface area contributed by atoms with Crippen molar-refractivity contribution in [3.8, 4) is 6.07 Å². The third kappa shape index (κ3) is 4.64. The number of ether oxygens (including phenoxy) is 1. The second-order valence-electron chi connectivity index (χ2n) is 7.93. The molecule has 1 heterocycles. The van der Waals surface area contributed by atoms with Crippen LogP contribution in [0, 0.1) is 23.2 Å². The summed E-state index contributed by atoms with van der Waals surface area (Å²) in [4.78, 5) is 25.6. The molecule has 0 bridgehead atoms. The number of amides is 1. The lowest BCUT2D eigenvalue weighted by Gasteiger charge is -2.25. The number of nitrogens with one attached hydrogen (secondary N) is 1. The van der Waals surface area contributed by atoms with Gasteiger partial charge in [0.2, 0.25) is 0 Å². The molecule has 3 rings (SSSR count). The van der Waals surface area contributed by atoms with E-state index in [0.717, 1.165) is 5.47 Å². The molecule has 1 aromatic carbocycles. The predicted octanol–water partition coefficient (Wildman–Crippen LogP) is 2.05. The van der Waals surface area contributed by atoms with E-state index < -0.39 is 19.1 Å². The van der Waals surface area contributed by atoms with Crippen LogP contribution in [0.5, 0.6) is 0 Å². The second-order valence-corrected chi connectivity index (χ2v) is 7.93. The third-order valence-corrected chi connectivity index (χ3v) is 5.49. The summed E-state index contributed by atoms with van der Waals surface area (Å²) in [6.07, 6.45) is 2.44. The lowest BCUT2D eigenvalue weighted by atomic mass is 9.68. The third-order valence-electron chi connectivity index (χ3n) is 5.49. The number of esters is 1. The monoisotopic (exact) mass is 408 g/mol. The Morgan fingerprint density at radius 3 is 2.90 bits per heavy atom. The van der Waals surface area contributed by atoms with Gasteiger partial charge in [-0.25, -0.2) is 4.79 Å². The first kappa shape index (κ1) is 21.8. The molecule has 0 aromatic heterocycles. The number of nitrogens with zero attached hydrogens (tertiary/aromatic N) is 1. The average Bonchev–Trinajstić information content (AvgIpc) is 3.11. The first-order valence-corrected chi connectivity index (χ1v) is 9.99. The topological polar surface area (TPSA) is 109 Å². The van der Waals surface area contributed by atoms with Gasteiger partial charge in [-0.05, 0) is 48.0 Å². The van der Waals surface area contributed by atoms with E-state index in [1.807, 2.05) is 26.0 Å². The first-order valence-electron chi connectivity index (χ1n) is 9.99. The smallest absolute Gasteiger partial charge is 0.459 e. The molecule has 30 heavy (non-hydrogen) atoms. The van der Waals surface area contributed by atoms with Crippen molar-refractivity contribution in [2.75, 3.05) is 6.61 Å². The summed E-state index contributed by atoms with van der Waals surface area (Å²) in [5.41, 5.74) is 3.07. The molecule has 0 spiro atoms. The number of fused-ring (bicyclic) bond motifs is 1. The van der Waals surface area contributed by atoms with Gasteiger partial charge in [0.1, 0.15) is 12.6 Å². The highest BCUT2D eigenvalue weighted by Crippen LogP contribution is 2.35. The molecule has 1 saturated heterocycles. The Morgan fingerprint density at radius 2 is 2.20 bits per heavy atom. The fourth-order valence-electron chi connectivity index (χ4n) is 3.80. The van der Waals surface area contributed by atoms with Gasteiger partial charge in [0.25, 0.3) is 5.91 Å². The Morgan fingerprint density at radius 1 is 1.43 bits per heavy atom. The summed E-state index contributed by atoms with van der Waals surface area (Å²) >= 11 is 0. The highest BCUT2D eigenvalue weighted by molar-refractivity contribution is 6.53. The van der Waals surface area contributed by atoms with Crippen LogP contribution in [0.3, 0.4) is 0 Å². The molecule has 1 aromatic rings. The summed E-state index contributed by atoms with van der Waals surface area (Å²) in [6.45, 7) is 5.90. The zero-order valence-electron chi connectivity index (χ0n) is 17.3. The van der Waals surface area contributed by atoms with Crippen LogP contribution in [-0.2, 0) is 25.6 Å². The van der Waals surface area contributed by atoms with Crippen molar-refractivity contribution in [1.82, 2.24) is 5.32 Å². The quantitative estimate of drug-likeness (QED) is 0.551. The van der Waals surface area contributed by atoms with E-state index in [-0.39, 0.29) is 24.3 Å². The average molecular weight is 408 g/mol. The van der Waals surface area contributed by atoms with Crippen LogP contribution in [0.25, 0.3) is 0 Å². The van der Waals surface area contributed by atoms with Crippen LogP contribution >= 0.6 is 0 Å². The number of benzene rings is 1. The Kier molecular flexibility index (Phi) is 6.75. The molecule has 1 amide bonds. The minimum Gasteiger partial charge on any atom is -0.459 e. The number of hydrogen-bond acceptors (Lipinski definition) is 6. The lowest BCUT2D eigenvalue weighted by molar-refractivity contribution is -0.150. The minimum atomic E-state index is -0.985. The van der Waals surface area contributed by atoms with Gasteiger partial charge in [-0.1, -0.05) is 32.1 Å². The molecule has 2 atom stereocenters. The maximum Gasteiger partial charge on any atom is 0.487 e. The van der Waals surface area contributed by atoms with E-state index in [2.05, 4.69) is 5.32 Å². The molecule has 1 unspecified atom stereocenters. The van der Waals surface area contributed by atoms with Crippen LogP contribution in [0.4, 0.5) is 0 Å². The molecule has 1 aliphatic carbocycles. The second kappa shape index (κ2) is 9.29. The van der Waals surface area contributed by atoms with Crippen molar-refractivity contribution in [3.05, 3.63) is 58.1 Å². The zero-order valence-corrected chi connectivity index (χ0v) is 17.3. The summed E-state index contributed by atoms with van der Waals surface area (Å²) < 4.78 is 10.7. The fourth-order valence-corrected chi connectivity index (χ4v) is 3.80. The summed E-state index contributed by atoms with van der Waals surface area (Å²) in [7, 11) is -0.985. The summed E-state index contributed by atoms with van der Waals surface area (Å²) in [5, 5.41) is 21.8. The Bertz CT molecular complexity index is 947. The number of hydrogen-bond donors (Lipinski definition) is 2. The zero-order chi connectivity index (χ0) is 21.8. The van der Waals surface area contributed by atoms with E-state index in [0.29, 0.717) is 35.3 Å². The Hall–Kier alpha value is -2.89. The molecule has 156 valence electrons. The normalized spacial score (nSPS) is 19.1. The van der Waals surface area contributed by atoms with Crippen LogP contribution < -0.4 is 5.32 Å². The van der Waals surface area contributed by atoms with Crippen LogP contribution in [0.2, 0.25) is 0 Å². The highest BCUT2D eigenvalue weighted by Gasteiger charge is 2.39. The van der Waals surface area contributed by atoms with Gasteiger partial charge >= 0.3 is 13.1 Å². The number of carbonyl (C=O) groups is 2. The molecule has 8 heteroatoms. The first-order chi connectivity index (χ1) is 14.3. The van der Waals surface area contributed by atoms with E-state index in [9.17, 15) is 14.6 Å². The molecular formula is C22H25BN2O5. The van der Waals surface area contributed by atoms with Crippen LogP contribution in [0.1, 0.15) is 38.3 Å². The standard InChI is InChI=1S/C22H25BN2O5/c1-13(2)20(22(27)29-11-16-6-4-5-15(9-16)10-24)25-21(26)18-8-7-17-12-30-23(28)19(17)14(18)3/h4-6,8-9,13,17,20,28H,7,11-12H2,1-3H3,(H,25,26)/t17?,20-/m0/s1. The molecular weight excluding hydrogens is 383 g/mol. The van der Waals surface area contributed by atoms with Crippen molar-refractivity contribution in [3.63, 3.8) is 0 Å². The largest absolute Gasteiger partial charge is 0.487 e. The van der Waals surface area contributed by atoms with E-state index in [1.165, 1.54) is 0 Å². The summed E-state index contributed by atoms with van der Waals surface area (Å²) in [6, 6.07) is 8.05. The summed E-state index contributed by atoms with van der Waals surface area (Å²) in [5.74, 6) is -1.01. The fraction of sp³-hybridized carbons (Fsp3) is 0.409. The van der Waals surface area contributed by atoms with Crippen LogP contribution in [-0.4, -0.2) is 36.7 Å². The van der Waals surface area contributed by atoms with Gasteiger partial charge in [0, 0.05) is 18.1 Å². The number of carbonyl (C=O) groups excluding carboxylic acids is 2. The van der Waals surface area contributed by atoms with Crippen molar-refractivity contribution >= 4 is 19.0 Å². The van der Waals surface area contributed by atoms with Gasteiger partial charge in [0.05, 0.1) is 11.6 Å². The maximum atomic E-state index is 12.9. The molecule has 2 N–H and O–H groups in total. The van der Waals surface area contributed by atoms with Gasteiger partial charge in [-0.15, -0.1) is 0 Å². The highest BCUT2D eigenvalue weighted by atomic mass is 16.5. The van der Waals surface area contributed by atoms with E-state index >= 15 is 0 Å². The predicted molar refractivity (Wildman–Crippen MR) is 111 cm³/mol. The maximum absolute atomic E-state index is 12.9. The molecule has 1 fully saturated rings. The number of rotatable bonds is 6. The van der Waals surface area contributed by atoms with Gasteiger partial charge in [-0.3, -0.25) is 4.79 Å². The van der Waals surface area contributed by atoms with Gasteiger partial charge < -0.3 is 19.7 Å². The molecule has 2 aliphatic rings. The van der Waals surface area contributed by atoms with Crippen molar-refractivity contribution in [1.29, 1.82) is 5.26 Å². The Balaban J connectivity index is 1.67. The van der Waals surface area contributed by atoms with E-state index in [4.69, 9.17) is 14.7 Å². The SMILES string of the molecule is CC1=C2B(O)OCC2CC=C1C(=O)N[C@H](C(=O)OCc1cccc(C#N)c1)C(C)C. The van der Waals surface area contributed by atoms with E-state index in [1.54, 1.807) is 31.2 Å². The van der Waals surface area contributed by atoms with Crippen molar-refractivity contribution in [2.45, 2.75) is 39.8 Å². The lowest BCUT2D eigenvalue weighted by Crippen LogP contribution is -2.46. The van der Waals surface area contributed by atoms with Gasteiger partial charge in [-0.2, -0.15) is 5.26 Å². The number of allylic oxidation sites excluding steroid dienone is 1. The van der Waals surface area contributed by atoms with Crippen molar-refractivity contribution < 1.29 is 24.0 Å². The minimum absolute atomic E-state index is 0.0183. The number of nitriles is 1. The van der Waals surface area contributed by atoms with Crippen LogP contribution in [0.15, 0.2) is 47.0 Å². The Labute approximate surface area is 176 Å².